The molecule has 0 aliphatic heterocycles. The predicted molar refractivity (Wildman–Crippen MR) is 47.3 cm³/mol. The molecule has 10 heavy (non-hydrogen) atoms. The molecule has 0 saturated heterocycles. The Morgan fingerprint density at radius 2 is 2.10 bits per heavy atom. The summed E-state index contributed by atoms with van der Waals surface area (Å²) in [6, 6.07) is 0.0805. The average Bonchev–Trinajstić information content (AvgIpc) is 1.81. The summed E-state index contributed by atoms with van der Waals surface area (Å²) in [5, 5.41) is 0. The smallest absolute Gasteiger partial charge is 0.241 e. The number of nitrogens with zero attached hydrogens (tertiary/aromatic N) is 1. The molecule has 1 aliphatic carbocycles. The van der Waals surface area contributed by atoms with Crippen molar-refractivity contribution in [3.05, 3.63) is 0 Å². The third-order valence-corrected chi connectivity index (χ3v) is 4.07. The highest BCUT2D eigenvalue weighted by atomic mass is 127. The van der Waals surface area contributed by atoms with Crippen LogP contribution in [0, 0.1) is 0 Å². The minimum absolute atomic E-state index is 0.0273. The van der Waals surface area contributed by atoms with Gasteiger partial charge in [-0.05, 0) is 16.2 Å². The highest BCUT2D eigenvalue weighted by Crippen LogP contribution is 2.42. The Morgan fingerprint density at radius 1 is 1.60 bits per heavy atom. The summed E-state index contributed by atoms with van der Waals surface area (Å²) in [5.74, 6) is -2.38. The second-order valence-electron chi connectivity index (χ2n) is 2.53. The molecular weight excluding hydrogens is 271 g/mol. The molecule has 0 heterocycles. The molecule has 60 valence electrons. The van der Waals surface area contributed by atoms with Crippen LogP contribution < -0.4 is 0 Å². The molecule has 5 heteroatoms. The van der Waals surface area contributed by atoms with Crippen molar-refractivity contribution in [3.8, 4) is 0 Å². The topological polar surface area (TPSA) is 3.24 Å². The second kappa shape index (κ2) is 3.10. The normalized spacial score (nSPS) is 24.9. The maximum absolute atomic E-state index is 12.2. The van der Waals surface area contributed by atoms with Crippen LogP contribution in [0.1, 0.15) is 12.8 Å². The van der Waals surface area contributed by atoms with E-state index in [2.05, 4.69) is 21.2 Å². The van der Waals surface area contributed by atoms with E-state index >= 15 is 0 Å². The molecule has 1 rings (SSSR count). The van der Waals surface area contributed by atoms with Gasteiger partial charge in [0.15, 0.2) is 0 Å². The quantitative estimate of drug-likeness (QED) is 0.565. The first-order valence-electron chi connectivity index (χ1n) is 2.94. The minimum Gasteiger partial charge on any atom is -0.241 e. The van der Waals surface area contributed by atoms with Gasteiger partial charge in [0.25, 0.3) is 5.92 Å². The van der Waals surface area contributed by atoms with Gasteiger partial charge in [-0.25, -0.2) is 13.1 Å². The van der Waals surface area contributed by atoms with Gasteiger partial charge < -0.3 is 0 Å². The van der Waals surface area contributed by atoms with Crippen molar-refractivity contribution in [2.24, 2.45) is 0 Å². The van der Waals surface area contributed by atoms with Crippen molar-refractivity contribution < 1.29 is 8.78 Å². The zero-order chi connectivity index (χ0) is 7.78. The molecule has 0 radical (unpaired) electrons. The lowest BCUT2D eigenvalue weighted by atomic mass is 9.88. The van der Waals surface area contributed by atoms with E-state index < -0.39 is 5.92 Å². The van der Waals surface area contributed by atoms with Gasteiger partial charge in [-0.15, -0.1) is 0 Å². The van der Waals surface area contributed by atoms with Gasteiger partial charge in [0, 0.05) is 40.1 Å². The Kier molecular flexibility index (Phi) is 2.79. The molecule has 0 atom stereocenters. The van der Waals surface area contributed by atoms with Crippen LogP contribution >= 0.6 is 30.3 Å². The van der Waals surface area contributed by atoms with Crippen molar-refractivity contribution in [1.82, 2.24) is 4.31 Å². The lowest BCUT2D eigenvalue weighted by Crippen LogP contribution is -2.46. The average molecular weight is 279 g/mol. The van der Waals surface area contributed by atoms with Crippen molar-refractivity contribution in [2.75, 3.05) is 7.05 Å². The number of hydrogen-bond acceptors (Lipinski definition) is 2. The SMILES string of the molecule is CN(SI)C1CC(F)(F)C1. The van der Waals surface area contributed by atoms with Crippen LogP contribution in [0.15, 0.2) is 0 Å². The van der Waals surface area contributed by atoms with E-state index in [9.17, 15) is 8.78 Å². The van der Waals surface area contributed by atoms with Gasteiger partial charge in [0.1, 0.15) is 0 Å². The van der Waals surface area contributed by atoms with Gasteiger partial charge >= 0.3 is 0 Å². The molecule has 1 nitrogen and oxygen atoms in total. The van der Waals surface area contributed by atoms with Crippen LogP contribution in [0.4, 0.5) is 8.78 Å². The van der Waals surface area contributed by atoms with E-state index in [1.165, 1.54) is 9.12 Å². The highest BCUT2D eigenvalue weighted by molar-refractivity contribution is 14.2. The summed E-state index contributed by atoms with van der Waals surface area (Å²) in [7, 11) is 3.32. The third-order valence-electron chi connectivity index (χ3n) is 1.69. The number of alkyl halides is 2. The van der Waals surface area contributed by atoms with Gasteiger partial charge in [-0.2, -0.15) is 0 Å². The molecule has 0 aromatic heterocycles. The highest BCUT2D eigenvalue weighted by Gasteiger charge is 2.47. The maximum atomic E-state index is 12.2. The molecule has 0 aromatic rings. The third kappa shape index (κ3) is 1.94. The van der Waals surface area contributed by atoms with Crippen molar-refractivity contribution in [2.45, 2.75) is 24.8 Å². The minimum atomic E-state index is -2.38. The Labute approximate surface area is 75.3 Å². The van der Waals surface area contributed by atoms with Crippen molar-refractivity contribution >= 4 is 30.3 Å². The fourth-order valence-electron chi connectivity index (χ4n) is 0.943. The van der Waals surface area contributed by atoms with E-state index in [4.69, 9.17) is 0 Å². The van der Waals surface area contributed by atoms with Crippen LogP contribution in [0.2, 0.25) is 0 Å². The van der Waals surface area contributed by atoms with Crippen molar-refractivity contribution in [3.63, 3.8) is 0 Å². The molecular formula is C5H8F2INS. The number of hydrogen-bond donors (Lipinski definition) is 0. The van der Waals surface area contributed by atoms with E-state index in [1.807, 2.05) is 11.4 Å². The fraction of sp³-hybridized carbons (Fsp3) is 1.00. The largest absolute Gasteiger partial charge is 0.251 e. The molecule has 1 saturated carbocycles. The zero-order valence-electron chi connectivity index (χ0n) is 5.48. The van der Waals surface area contributed by atoms with Crippen LogP contribution in [-0.2, 0) is 0 Å². The monoisotopic (exact) mass is 279 g/mol. The Bertz CT molecular complexity index is 125. The molecule has 0 unspecified atom stereocenters. The van der Waals surface area contributed by atoms with Crippen LogP contribution in [-0.4, -0.2) is 23.3 Å². The van der Waals surface area contributed by atoms with E-state index in [0.717, 1.165) is 0 Å². The molecule has 1 aliphatic rings. The summed E-state index contributed by atoms with van der Waals surface area (Å²) in [6.07, 6.45) is 0.0546. The van der Waals surface area contributed by atoms with E-state index in [-0.39, 0.29) is 18.9 Å². The van der Waals surface area contributed by atoms with E-state index in [0.29, 0.717) is 0 Å². The summed E-state index contributed by atoms with van der Waals surface area (Å²) < 4.78 is 26.4. The Hall–Kier alpha value is 0.900. The lowest BCUT2D eigenvalue weighted by Gasteiger charge is -2.39. The first kappa shape index (κ1) is 8.99. The maximum Gasteiger partial charge on any atom is 0.251 e. The Morgan fingerprint density at radius 3 is 2.40 bits per heavy atom. The first-order valence-corrected chi connectivity index (χ1v) is 6.26. The molecule has 0 N–H and O–H groups in total. The molecule has 0 amide bonds. The zero-order valence-corrected chi connectivity index (χ0v) is 8.45. The number of rotatable bonds is 2. The molecule has 0 bridgehead atoms. The standard InChI is InChI=1S/C5H8F2INS/c1-9(10-8)4-2-5(6,7)3-4/h4H,2-3H2,1H3. The van der Waals surface area contributed by atoms with Crippen LogP contribution in [0.25, 0.3) is 0 Å². The Balaban J connectivity index is 2.26. The lowest BCUT2D eigenvalue weighted by molar-refractivity contribution is -0.104. The molecule has 0 spiro atoms. The summed E-state index contributed by atoms with van der Waals surface area (Å²) in [4.78, 5) is 0. The van der Waals surface area contributed by atoms with Crippen LogP contribution in [0.5, 0.6) is 0 Å². The van der Waals surface area contributed by atoms with Gasteiger partial charge in [0.2, 0.25) is 0 Å². The summed E-state index contributed by atoms with van der Waals surface area (Å²) in [5.41, 5.74) is 0. The number of halogens is 3. The van der Waals surface area contributed by atoms with Gasteiger partial charge in [-0.1, -0.05) is 0 Å². The molecule has 0 aromatic carbocycles. The fourth-order valence-corrected chi connectivity index (χ4v) is 2.17. The summed E-state index contributed by atoms with van der Waals surface area (Å²) in [6.45, 7) is 0. The van der Waals surface area contributed by atoms with Gasteiger partial charge in [-0.3, -0.25) is 0 Å². The van der Waals surface area contributed by atoms with Crippen LogP contribution in [0.3, 0.4) is 0 Å². The second-order valence-corrected chi connectivity index (χ2v) is 4.43. The summed E-state index contributed by atoms with van der Waals surface area (Å²) >= 11 is 2.10. The van der Waals surface area contributed by atoms with Crippen molar-refractivity contribution in [1.29, 1.82) is 0 Å². The molecule has 1 fully saturated rings. The van der Waals surface area contributed by atoms with Gasteiger partial charge in [0.05, 0.1) is 0 Å². The van der Waals surface area contributed by atoms with E-state index in [1.54, 1.807) is 0 Å². The predicted octanol–water partition coefficient (Wildman–Crippen LogP) is 2.71. The first-order chi connectivity index (χ1) is 4.55.